The van der Waals surface area contributed by atoms with Gasteiger partial charge in [-0.3, -0.25) is 0 Å². The van der Waals surface area contributed by atoms with Crippen molar-refractivity contribution in [2.45, 2.75) is 29.8 Å². The van der Waals surface area contributed by atoms with E-state index in [0.717, 1.165) is 10.8 Å². The van der Waals surface area contributed by atoms with Gasteiger partial charge in [0.05, 0.1) is 59.0 Å². The highest BCUT2D eigenvalue weighted by molar-refractivity contribution is 8.76. The Morgan fingerprint density at radius 3 is 2.34 bits per heavy atom. The van der Waals surface area contributed by atoms with Crippen LogP contribution in [0.1, 0.15) is 6.42 Å². The third-order valence-electron chi connectivity index (χ3n) is 4.01. The number of pyridine rings is 1. The minimum Gasteiger partial charge on any atom is -0.390 e. The van der Waals surface area contributed by atoms with Gasteiger partial charge in [0.15, 0.2) is 0 Å². The molecule has 8 nitrogen and oxygen atoms in total. The zero-order chi connectivity index (χ0) is 20.6. The van der Waals surface area contributed by atoms with Gasteiger partial charge in [0.2, 0.25) is 0 Å². The molecular weight excluding hydrogens is 418 g/mol. The molecule has 2 rings (SSSR count). The molecule has 2 N–H and O–H groups in total. The van der Waals surface area contributed by atoms with Crippen LogP contribution in [0.2, 0.25) is 0 Å². The van der Waals surface area contributed by atoms with Gasteiger partial charge < -0.3 is 33.9 Å². The van der Waals surface area contributed by atoms with Crippen LogP contribution in [0.25, 0.3) is 0 Å². The van der Waals surface area contributed by atoms with Crippen LogP contribution in [0.4, 0.5) is 0 Å². The summed E-state index contributed by atoms with van der Waals surface area (Å²) in [6.07, 6.45) is 0.138. The SMILES string of the molecule is OC1CCOC(COCCOCCOCCOCCSSc2ccccn2)C1O. The molecule has 1 aliphatic heterocycles. The first-order valence-corrected chi connectivity index (χ1v) is 12.1. The van der Waals surface area contributed by atoms with Gasteiger partial charge in [-0.25, -0.2) is 4.98 Å². The van der Waals surface area contributed by atoms with E-state index in [2.05, 4.69) is 4.98 Å². The molecule has 1 saturated heterocycles. The first-order valence-electron chi connectivity index (χ1n) is 9.76. The third-order valence-corrected chi connectivity index (χ3v) is 6.24. The summed E-state index contributed by atoms with van der Waals surface area (Å²) in [6.45, 7) is 4.30. The molecule has 166 valence electrons. The van der Waals surface area contributed by atoms with Crippen molar-refractivity contribution in [3.05, 3.63) is 24.4 Å². The standard InChI is InChI=1S/C19H31NO7S2/c21-16-4-6-27-17(19(16)22)15-26-12-11-24-8-7-23-9-10-25-13-14-28-29-18-3-1-2-5-20-18/h1-3,5,16-17,19,21-22H,4,6-15H2. The lowest BCUT2D eigenvalue weighted by molar-refractivity contribution is -0.156. The van der Waals surface area contributed by atoms with Gasteiger partial charge in [-0.1, -0.05) is 16.9 Å². The molecule has 0 amide bonds. The maximum atomic E-state index is 9.77. The van der Waals surface area contributed by atoms with Crippen molar-refractivity contribution in [2.75, 3.05) is 65.2 Å². The Morgan fingerprint density at radius 2 is 1.66 bits per heavy atom. The van der Waals surface area contributed by atoms with Crippen molar-refractivity contribution in [1.82, 2.24) is 4.98 Å². The fourth-order valence-electron chi connectivity index (χ4n) is 2.45. The van der Waals surface area contributed by atoms with Gasteiger partial charge in [-0.05, 0) is 29.3 Å². The van der Waals surface area contributed by atoms with Gasteiger partial charge in [0.1, 0.15) is 17.2 Å². The molecule has 0 bridgehead atoms. The van der Waals surface area contributed by atoms with E-state index in [0.29, 0.717) is 59.3 Å². The Bertz CT molecular complexity index is 515. The van der Waals surface area contributed by atoms with E-state index >= 15 is 0 Å². The smallest absolute Gasteiger partial charge is 0.109 e. The molecule has 0 aliphatic carbocycles. The van der Waals surface area contributed by atoms with Crippen molar-refractivity contribution in [2.24, 2.45) is 0 Å². The summed E-state index contributed by atoms with van der Waals surface area (Å²) >= 11 is 0. The number of nitrogens with zero attached hydrogens (tertiary/aromatic N) is 1. The van der Waals surface area contributed by atoms with Crippen molar-refractivity contribution < 1.29 is 33.9 Å². The average molecular weight is 450 g/mol. The highest BCUT2D eigenvalue weighted by atomic mass is 33.1. The number of aromatic nitrogens is 1. The van der Waals surface area contributed by atoms with Crippen LogP contribution in [-0.2, 0) is 23.7 Å². The first-order chi connectivity index (χ1) is 14.3. The Labute approximate surface area is 180 Å². The van der Waals surface area contributed by atoms with E-state index in [4.69, 9.17) is 23.7 Å². The Hall–Kier alpha value is -0.430. The van der Waals surface area contributed by atoms with Crippen LogP contribution >= 0.6 is 21.6 Å². The van der Waals surface area contributed by atoms with E-state index in [1.807, 2.05) is 18.2 Å². The van der Waals surface area contributed by atoms with Gasteiger partial charge in [-0.15, -0.1) is 0 Å². The summed E-state index contributed by atoms with van der Waals surface area (Å²) in [7, 11) is 3.37. The van der Waals surface area contributed by atoms with E-state index < -0.39 is 18.3 Å². The minimum absolute atomic E-state index is 0.244. The van der Waals surface area contributed by atoms with E-state index in [-0.39, 0.29) is 6.61 Å². The largest absolute Gasteiger partial charge is 0.390 e. The van der Waals surface area contributed by atoms with Gasteiger partial charge in [-0.2, -0.15) is 0 Å². The molecule has 0 radical (unpaired) electrons. The Balaban J connectivity index is 1.27. The highest BCUT2D eigenvalue weighted by Crippen LogP contribution is 2.28. The van der Waals surface area contributed by atoms with Crippen LogP contribution in [0.5, 0.6) is 0 Å². The fraction of sp³-hybridized carbons (Fsp3) is 0.737. The van der Waals surface area contributed by atoms with Crippen molar-refractivity contribution in [3.8, 4) is 0 Å². The number of rotatable bonds is 16. The van der Waals surface area contributed by atoms with Gasteiger partial charge in [0, 0.05) is 18.6 Å². The lowest BCUT2D eigenvalue weighted by atomic mass is 10.0. The molecule has 29 heavy (non-hydrogen) atoms. The monoisotopic (exact) mass is 449 g/mol. The number of ether oxygens (including phenoxy) is 5. The molecule has 0 spiro atoms. The summed E-state index contributed by atoms with van der Waals surface area (Å²) in [4.78, 5) is 4.24. The lowest BCUT2D eigenvalue weighted by Gasteiger charge is -2.31. The first kappa shape index (κ1) is 24.8. The van der Waals surface area contributed by atoms with Crippen LogP contribution in [0, 0.1) is 0 Å². The van der Waals surface area contributed by atoms with E-state index in [1.165, 1.54) is 0 Å². The number of aliphatic hydroxyl groups excluding tert-OH is 2. The molecule has 0 saturated carbocycles. The normalized spacial score (nSPS) is 22.1. The van der Waals surface area contributed by atoms with Crippen LogP contribution in [-0.4, -0.2) is 98.7 Å². The van der Waals surface area contributed by atoms with Crippen molar-refractivity contribution in [3.63, 3.8) is 0 Å². The van der Waals surface area contributed by atoms with E-state index in [1.54, 1.807) is 27.8 Å². The fourth-order valence-corrected chi connectivity index (χ4v) is 4.19. The van der Waals surface area contributed by atoms with Crippen molar-refractivity contribution in [1.29, 1.82) is 0 Å². The predicted octanol–water partition coefficient (Wildman–Crippen LogP) is 1.40. The molecule has 0 aromatic carbocycles. The summed E-state index contributed by atoms with van der Waals surface area (Å²) in [5.74, 6) is 0.895. The Morgan fingerprint density at radius 1 is 0.966 bits per heavy atom. The Kier molecular flexibility index (Phi) is 13.9. The third kappa shape index (κ3) is 11.5. The number of hydrogen-bond acceptors (Lipinski definition) is 10. The molecule has 2 heterocycles. The molecular formula is C19H31NO7S2. The number of hydrogen-bond donors (Lipinski definition) is 2. The quantitative estimate of drug-likeness (QED) is 0.285. The van der Waals surface area contributed by atoms with Gasteiger partial charge in [0.25, 0.3) is 0 Å². The summed E-state index contributed by atoms with van der Waals surface area (Å²) in [6, 6.07) is 5.87. The molecule has 1 fully saturated rings. The van der Waals surface area contributed by atoms with Crippen LogP contribution in [0.15, 0.2) is 29.4 Å². The second kappa shape index (κ2) is 16.3. The van der Waals surface area contributed by atoms with E-state index in [9.17, 15) is 10.2 Å². The number of aliphatic hydroxyl groups is 2. The zero-order valence-electron chi connectivity index (χ0n) is 16.5. The molecule has 3 atom stereocenters. The molecule has 1 aromatic heterocycles. The predicted molar refractivity (Wildman–Crippen MR) is 112 cm³/mol. The average Bonchev–Trinajstić information content (AvgIpc) is 2.74. The minimum atomic E-state index is -0.890. The molecule has 3 unspecified atom stereocenters. The molecule has 10 heteroatoms. The summed E-state index contributed by atoms with van der Waals surface area (Å²) in [5, 5.41) is 20.3. The second-order valence-electron chi connectivity index (χ2n) is 6.24. The molecule has 1 aliphatic rings. The summed E-state index contributed by atoms with van der Waals surface area (Å²) in [5.41, 5.74) is 0. The topological polar surface area (TPSA) is 99.5 Å². The zero-order valence-corrected chi connectivity index (χ0v) is 18.2. The maximum Gasteiger partial charge on any atom is 0.109 e. The van der Waals surface area contributed by atoms with Gasteiger partial charge >= 0.3 is 0 Å². The molecule has 1 aromatic rings. The van der Waals surface area contributed by atoms with Crippen LogP contribution in [0.3, 0.4) is 0 Å². The van der Waals surface area contributed by atoms with Crippen molar-refractivity contribution >= 4 is 21.6 Å². The maximum absolute atomic E-state index is 9.77. The lowest BCUT2D eigenvalue weighted by Crippen LogP contribution is -2.46. The van der Waals surface area contributed by atoms with Crippen LogP contribution < -0.4 is 0 Å². The highest BCUT2D eigenvalue weighted by Gasteiger charge is 2.31. The second-order valence-corrected chi connectivity index (χ2v) is 8.68. The summed E-state index contributed by atoms with van der Waals surface area (Å²) < 4.78 is 27.2.